The van der Waals surface area contributed by atoms with Gasteiger partial charge in [0, 0.05) is 6.07 Å². The number of nitrogens with zero attached hydrogens (tertiary/aromatic N) is 2. The molecule has 3 rings (SSSR count). The Kier molecular flexibility index (Phi) is 4.39. The standard InChI is InChI=1S/C9H9N3O2.C4H5NO2/c1-14-9(13)12-8-10-6-4-2-3-5-7(6)11-8;1-3-2-4(6)5-7-3/h2-5H,1H3,(H2,10,11,12,13);2H,1H3,(H,5,6). The number of amides is 1. The first-order valence-corrected chi connectivity index (χ1v) is 6.00. The number of aromatic nitrogens is 3. The highest BCUT2D eigenvalue weighted by Gasteiger charge is 2.04. The zero-order valence-electron chi connectivity index (χ0n) is 11.5. The zero-order chi connectivity index (χ0) is 15.2. The molecule has 8 heteroatoms. The van der Waals surface area contributed by atoms with Gasteiger partial charge in [0.1, 0.15) is 5.76 Å². The molecular formula is C13H14N4O4. The molecule has 0 unspecified atom stereocenters. The monoisotopic (exact) mass is 290 g/mol. The van der Waals surface area contributed by atoms with Gasteiger partial charge in [-0.3, -0.25) is 5.32 Å². The van der Waals surface area contributed by atoms with E-state index in [-0.39, 0.29) is 5.88 Å². The average molecular weight is 290 g/mol. The fourth-order valence-electron chi connectivity index (χ4n) is 1.51. The highest BCUT2D eigenvalue weighted by Crippen LogP contribution is 2.13. The number of nitrogens with one attached hydrogen (secondary N) is 2. The van der Waals surface area contributed by atoms with E-state index in [4.69, 9.17) is 5.11 Å². The van der Waals surface area contributed by atoms with Crippen LogP contribution >= 0.6 is 0 Å². The lowest BCUT2D eigenvalue weighted by atomic mass is 10.3. The molecule has 2 heterocycles. The third kappa shape index (κ3) is 3.96. The number of aromatic hydroxyl groups is 1. The minimum atomic E-state index is -0.538. The summed E-state index contributed by atoms with van der Waals surface area (Å²) in [6.45, 7) is 1.72. The highest BCUT2D eigenvalue weighted by molar-refractivity contribution is 5.85. The molecule has 0 bridgehead atoms. The summed E-state index contributed by atoms with van der Waals surface area (Å²) in [6.07, 6.45) is -0.538. The Bertz CT molecular complexity index is 685. The largest absolute Gasteiger partial charge is 0.491 e. The topological polar surface area (TPSA) is 113 Å². The van der Waals surface area contributed by atoms with Crippen LogP contribution in [0.15, 0.2) is 34.9 Å². The van der Waals surface area contributed by atoms with Crippen LogP contribution in [0.1, 0.15) is 5.76 Å². The van der Waals surface area contributed by atoms with E-state index in [0.29, 0.717) is 11.7 Å². The number of H-pyrrole nitrogens is 1. The Morgan fingerprint density at radius 2 is 2.19 bits per heavy atom. The zero-order valence-corrected chi connectivity index (χ0v) is 11.5. The first-order valence-electron chi connectivity index (χ1n) is 6.00. The number of fused-ring (bicyclic) bond motifs is 1. The summed E-state index contributed by atoms with van der Waals surface area (Å²) in [5.74, 6) is 0.952. The van der Waals surface area contributed by atoms with Crippen molar-refractivity contribution in [2.24, 2.45) is 0 Å². The molecule has 1 aromatic carbocycles. The van der Waals surface area contributed by atoms with Crippen LogP contribution in [0, 0.1) is 6.92 Å². The van der Waals surface area contributed by atoms with Crippen molar-refractivity contribution >= 4 is 23.1 Å². The molecule has 0 aliphatic heterocycles. The lowest BCUT2D eigenvalue weighted by Gasteiger charge is -1.96. The molecule has 0 aliphatic rings. The first-order chi connectivity index (χ1) is 10.1. The van der Waals surface area contributed by atoms with Crippen molar-refractivity contribution < 1.29 is 19.2 Å². The highest BCUT2D eigenvalue weighted by atomic mass is 16.5. The van der Waals surface area contributed by atoms with Crippen molar-refractivity contribution in [1.82, 2.24) is 15.1 Å². The Morgan fingerprint density at radius 3 is 2.71 bits per heavy atom. The predicted molar refractivity (Wildman–Crippen MR) is 75.0 cm³/mol. The number of aromatic amines is 1. The lowest BCUT2D eigenvalue weighted by molar-refractivity contribution is 0.186. The van der Waals surface area contributed by atoms with E-state index in [9.17, 15) is 4.79 Å². The van der Waals surface area contributed by atoms with Gasteiger partial charge in [0.15, 0.2) is 0 Å². The maximum atomic E-state index is 10.9. The van der Waals surface area contributed by atoms with Gasteiger partial charge in [-0.15, -0.1) is 0 Å². The van der Waals surface area contributed by atoms with E-state index in [1.54, 1.807) is 6.92 Å². The van der Waals surface area contributed by atoms with Gasteiger partial charge in [0.05, 0.1) is 18.1 Å². The van der Waals surface area contributed by atoms with E-state index in [2.05, 4.69) is 29.7 Å². The van der Waals surface area contributed by atoms with Crippen LogP contribution in [0.2, 0.25) is 0 Å². The number of anilines is 1. The number of para-hydroxylation sites is 2. The number of carbonyl (C=O) groups is 1. The molecule has 0 aliphatic carbocycles. The average Bonchev–Trinajstić information content (AvgIpc) is 3.04. The van der Waals surface area contributed by atoms with Crippen molar-refractivity contribution in [3.05, 3.63) is 36.1 Å². The Morgan fingerprint density at radius 1 is 1.43 bits per heavy atom. The molecule has 0 radical (unpaired) electrons. The fourth-order valence-corrected chi connectivity index (χ4v) is 1.51. The third-order valence-corrected chi connectivity index (χ3v) is 2.41. The second kappa shape index (κ2) is 6.42. The van der Waals surface area contributed by atoms with Crippen LogP contribution < -0.4 is 5.32 Å². The van der Waals surface area contributed by atoms with E-state index >= 15 is 0 Å². The second-order valence-electron chi connectivity index (χ2n) is 4.01. The van der Waals surface area contributed by atoms with Crippen LogP contribution in [0.3, 0.4) is 0 Å². The Hall–Kier alpha value is -3.03. The Labute approximate surface area is 119 Å². The number of aryl methyl sites for hydroxylation is 1. The fraction of sp³-hybridized carbons (Fsp3) is 0.154. The number of ether oxygens (including phenoxy) is 1. The molecule has 8 nitrogen and oxygen atoms in total. The van der Waals surface area contributed by atoms with E-state index in [1.807, 2.05) is 24.3 Å². The molecule has 2 aromatic heterocycles. The third-order valence-electron chi connectivity index (χ3n) is 2.41. The second-order valence-corrected chi connectivity index (χ2v) is 4.01. The maximum absolute atomic E-state index is 10.9. The molecule has 110 valence electrons. The normalized spacial score (nSPS) is 9.81. The van der Waals surface area contributed by atoms with E-state index in [1.165, 1.54) is 13.2 Å². The van der Waals surface area contributed by atoms with Gasteiger partial charge < -0.3 is 19.4 Å². The predicted octanol–water partition coefficient (Wildman–Crippen LogP) is 2.43. The molecule has 21 heavy (non-hydrogen) atoms. The molecule has 0 saturated carbocycles. The summed E-state index contributed by atoms with van der Waals surface area (Å²) in [7, 11) is 1.30. The number of carbonyl (C=O) groups excluding carboxylic acids is 1. The van der Waals surface area contributed by atoms with Crippen molar-refractivity contribution in [3.8, 4) is 5.88 Å². The van der Waals surface area contributed by atoms with Crippen molar-refractivity contribution in [2.75, 3.05) is 12.4 Å². The molecule has 0 fully saturated rings. The van der Waals surface area contributed by atoms with Gasteiger partial charge in [-0.1, -0.05) is 12.1 Å². The number of rotatable bonds is 1. The van der Waals surface area contributed by atoms with Gasteiger partial charge in [0.25, 0.3) is 5.88 Å². The van der Waals surface area contributed by atoms with Gasteiger partial charge in [-0.25, -0.2) is 9.78 Å². The summed E-state index contributed by atoms with van der Waals surface area (Å²) in [4.78, 5) is 17.9. The van der Waals surface area contributed by atoms with Crippen LogP contribution in [-0.4, -0.2) is 33.4 Å². The van der Waals surface area contributed by atoms with Gasteiger partial charge in [-0.05, 0) is 24.2 Å². The molecule has 0 atom stereocenters. The molecular weight excluding hydrogens is 276 g/mol. The minimum absolute atomic E-state index is 0.0579. The maximum Gasteiger partial charge on any atom is 0.413 e. The van der Waals surface area contributed by atoms with Crippen molar-refractivity contribution in [3.63, 3.8) is 0 Å². The molecule has 0 saturated heterocycles. The minimum Gasteiger partial charge on any atom is -0.491 e. The molecule has 1 amide bonds. The van der Waals surface area contributed by atoms with Crippen LogP contribution in [0.5, 0.6) is 5.88 Å². The number of hydrogen-bond donors (Lipinski definition) is 3. The SMILES string of the molecule is COC(=O)Nc1nc2ccccc2[nH]1.Cc1cc(O)no1. The number of imidazole rings is 1. The first kappa shape index (κ1) is 14.4. The van der Waals surface area contributed by atoms with Crippen molar-refractivity contribution in [1.29, 1.82) is 0 Å². The van der Waals surface area contributed by atoms with Gasteiger partial charge >= 0.3 is 6.09 Å². The van der Waals surface area contributed by atoms with E-state index < -0.39 is 6.09 Å². The smallest absolute Gasteiger partial charge is 0.413 e. The summed E-state index contributed by atoms with van der Waals surface area (Å²) < 4.78 is 8.90. The summed E-state index contributed by atoms with van der Waals surface area (Å²) >= 11 is 0. The summed E-state index contributed by atoms with van der Waals surface area (Å²) in [6, 6.07) is 8.95. The van der Waals surface area contributed by atoms with Gasteiger partial charge in [-0.2, -0.15) is 0 Å². The lowest BCUT2D eigenvalue weighted by Crippen LogP contribution is -2.11. The summed E-state index contributed by atoms with van der Waals surface area (Å²) in [5, 5.41) is 14.1. The molecule has 3 aromatic rings. The van der Waals surface area contributed by atoms with Gasteiger partial charge in [0.2, 0.25) is 5.95 Å². The molecule has 0 spiro atoms. The van der Waals surface area contributed by atoms with Crippen LogP contribution in [0.25, 0.3) is 11.0 Å². The van der Waals surface area contributed by atoms with Crippen LogP contribution in [-0.2, 0) is 4.74 Å². The quantitative estimate of drug-likeness (QED) is 0.634. The summed E-state index contributed by atoms with van der Waals surface area (Å²) in [5.41, 5.74) is 1.68. The molecule has 3 N–H and O–H groups in total. The Balaban J connectivity index is 0.000000194. The van der Waals surface area contributed by atoms with E-state index in [0.717, 1.165) is 11.0 Å². The van der Waals surface area contributed by atoms with Crippen LogP contribution in [0.4, 0.5) is 10.7 Å². The number of benzene rings is 1. The van der Waals surface area contributed by atoms with Crippen molar-refractivity contribution in [2.45, 2.75) is 6.92 Å². The number of methoxy groups -OCH3 is 1. The number of hydrogen-bond acceptors (Lipinski definition) is 6.